The van der Waals surface area contributed by atoms with Crippen LogP contribution in [0.2, 0.25) is 0 Å². The van der Waals surface area contributed by atoms with Crippen LogP contribution in [0, 0.1) is 11.8 Å². The molecule has 0 aliphatic carbocycles. The topological polar surface area (TPSA) is 118 Å². The number of aliphatic carboxylic acids is 1. The first-order valence-electron chi connectivity index (χ1n) is 12.5. The summed E-state index contributed by atoms with van der Waals surface area (Å²) in [5.74, 6) is -1.85. The molecule has 0 saturated carbocycles. The Balaban J connectivity index is 2.20. The molecule has 4 atom stereocenters. The minimum atomic E-state index is -0.903. The Morgan fingerprint density at radius 1 is 1.11 bits per heavy atom. The van der Waals surface area contributed by atoms with Crippen molar-refractivity contribution in [2.75, 3.05) is 7.05 Å². The van der Waals surface area contributed by atoms with Gasteiger partial charge in [-0.15, -0.1) is 11.3 Å². The normalized spacial score (nSPS) is 14.6. The number of esters is 1. The number of amides is 1. The number of nitrogens with zero attached hydrogens (tertiary/aromatic N) is 1. The molecule has 9 heteroatoms. The van der Waals surface area contributed by atoms with Crippen molar-refractivity contribution in [1.82, 2.24) is 15.6 Å². The Labute approximate surface area is 217 Å². The molecule has 36 heavy (non-hydrogen) atoms. The molecule has 2 unspecified atom stereocenters. The molecular formula is C27H39N3O5S. The summed E-state index contributed by atoms with van der Waals surface area (Å²) in [6.07, 6.45) is 1.81. The van der Waals surface area contributed by atoms with Crippen molar-refractivity contribution in [3.05, 3.63) is 52.0 Å². The zero-order valence-electron chi connectivity index (χ0n) is 21.8. The van der Waals surface area contributed by atoms with E-state index in [0.717, 1.165) is 5.56 Å². The number of hydrogen-bond acceptors (Lipinski definition) is 7. The van der Waals surface area contributed by atoms with Gasteiger partial charge in [0.15, 0.2) is 6.10 Å². The van der Waals surface area contributed by atoms with Crippen molar-refractivity contribution in [2.24, 2.45) is 11.8 Å². The van der Waals surface area contributed by atoms with Crippen LogP contribution in [0.5, 0.6) is 0 Å². The van der Waals surface area contributed by atoms with E-state index >= 15 is 0 Å². The highest BCUT2D eigenvalue weighted by Crippen LogP contribution is 2.29. The van der Waals surface area contributed by atoms with E-state index in [0.29, 0.717) is 43.0 Å². The van der Waals surface area contributed by atoms with Gasteiger partial charge >= 0.3 is 11.9 Å². The Kier molecular flexibility index (Phi) is 12.0. The number of hydrogen-bond donors (Lipinski definition) is 3. The number of rotatable bonds is 15. The van der Waals surface area contributed by atoms with Crippen molar-refractivity contribution < 1.29 is 24.2 Å². The summed E-state index contributed by atoms with van der Waals surface area (Å²) >= 11 is 1.29. The predicted molar refractivity (Wildman–Crippen MR) is 141 cm³/mol. The Bertz CT molecular complexity index is 979. The lowest BCUT2D eigenvalue weighted by Gasteiger charge is -2.25. The molecule has 1 aromatic carbocycles. The summed E-state index contributed by atoms with van der Waals surface area (Å²) in [6, 6.07) is 9.38. The molecule has 198 valence electrons. The molecule has 1 heterocycles. The van der Waals surface area contributed by atoms with Crippen LogP contribution in [-0.4, -0.2) is 47.1 Å². The lowest BCUT2D eigenvalue weighted by atomic mass is 9.96. The molecule has 3 N–H and O–H groups in total. The van der Waals surface area contributed by atoms with E-state index in [4.69, 9.17) is 4.74 Å². The molecule has 0 bridgehead atoms. The van der Waals surface area contributed by atoms with Gasteiger partial charge in [0.05, 0.1) is 5.92 Å². The number of ether oxygens (including phenoxy) is 1. The first-order chi connectivity index (χ1) is 17.1. The first kappa shape index (κ1) is 29.5. The zero-order chi connectivity index (χ0) is 26.7. The fourth-order valence-corrected chi connectivity index (χ4v) is 4.83. The summed E-state index contributed by atoms with van der Waals surface area (Å²) in [4.78, 5) is 41.4. The van der Waals surface area contributed by atoms with Crippen LogP contribution < -0.4 is 10.6 Å². The van der Waals surface area contributed by atoms with Crippen molar-refractivity contribution in [3.8, 4) is 0 Å². The number of carbonyl (C=O) groups excluding carboxylic acids is 2. The number of carbonyl (C=O) groups is 3. The Hall–Kier alpha value is -2.78. The molecule has 2 aromatic rings. The predicted octanol–water partition coefficient (Wildman–Crippen LogP) is 4.61. The van der Waals surface area contributed by atoms with E-state index in [-0.39, 0.29) is 29.7 Å². The minimum absolute atomic E-state index is 0.110. The fraction of sp³-hybridized carbons (Fsp3) is 0.556. The molecule has 1 aromatic heterocycles. The SMILES string of the molecule is CCCC(=O)O[C@H](C[C@@H](NC)C(C)C)c1nc(C(=O)NC(Cc2ccccc2)CC(C)C(=O)O)cs1. The summed E-state index contributed by atoms with van der Waals surface area (Å²) < 4.78 is 5.76. The van der Waals surface area contributed by atoms with Crippen LogP contribution in [0.3, 0.4) is 0 Å². The van der Waals surface area contributed by atoms with Gasteiger partial charge in [-0.25, -0.2) is 4.98 Å². The minimum Gasteiger partial charge on any atom is -0.481 e. The number of aromatic nitrogens is 1. The monoisotopic (exact) mass is 517 g/mol. The second-order valence-electron chi connectivity index (χ2n) is 9.51. The number of nitrogens with one attached hydrogen (secondary N) is 2. The molecular weight excluding hydrogens is 478 g/mol. The molecule has 0 aliphatic rings. The number of benzene rings is 1. The number of carboxylic acids is 1. The first-order valence-corrected chi connectivity index (χ1v) is 13.4. The third-order valence-corrected chi connectivity index (χ3v) is 7.06. The van der Waals surface area contributed by atoms with Gasteiger partial charge in [-0.05, 0) is 37.8 Å². The average Bonchev–Trinajstić information content (AvgIpc) is 3.32. The maximum Gasteiger partial charge on any atom is 0.306 e. The zero-order valence-corrected chi connectivity index (χ0v) is 22.6. The van der Waals surface area contributed by atoms with Gasteiger partial charge < -0.3 is 20.5 Å². The standard InChI is InChI=1S/C27H39N3O5S/c1-6-10-24(31)35-23(15-21(28-5)17(2)3)26-30-22(16-36-26)25(32)29-20(13-18(4)27(33)34)14-19-11-8-7-9-12-19/h7-9,11-12,16-18,20-21,23,28H,6,10,13-15H2,1-5H3,(H,29,32)(H,33,34)/t18?,20?,21-,23-/m1/s1. The summed E-state index contributed by atoms with van der Waals surface area (Å²) in [7, 11) is 1.88. The summed E-state index contributed by atoms with van der Waals surface area (Å²) in [5.41, 5.74) is 1.24. The van der Waals surface area contributed by atoms with E-state index in [1.54, 1.807) is 12.3 Å². The van der Waals surface area contributed by atoms with Gasteiger partial charge in [-0.1, -0.05) is 58.0 Å². The quantitative estimate of drug-likeness (QED) is 0.295. The summed E-state index contributed by atoms with van der Waals surface area (Å²) in [5, 5.41) is 17.9. The molecule has 1 amide bonds. The highest BCUT2D eigenvalue weighted by Gasteiger charge is 2.27. The summed E-state index contributed by atoms with van der Waals surface area (Å²) in [6.45, 7) is 7.74. The molecule has 0 fully saturated rings. The van der Waals surface area contributed by atoms with Crippen molar-refractivity contribution in [2.45, 2.75) is 78.0 Å². The third-order valence-electron chi connectivity index (χ3n) is 6.12. The van der Waals surface area contributed by atoms with Crippen LogP contribution in [0.1, 0.15) is 80.5 Å². The van der Waals surface area contributed by atoms with E-state index in [9.17, 15) is 19.5 Å². The van der Waals surface area contributed by atoms with Crippen LogP contribution in [-0.2, 0) is 20.7 Å². The largest absolute Gasteiger partial charge is 0.481 e. The highest BCUT2D eigenvalue weighted by atomic mass is 32.1. The second-order valence-corrected chi connectivity index (χ2v) is 10.4. The molecule has 8 nitrogen and oxygen atoms in total. The third kappa shape index (κ3) is 9.35. The molecule has 2 rings (SSSR count). The molecule has 0 saturated heterocycles. The van der Waals surface area contributed by atoms with E-state index in [1.165, 1.54) is 11.3 Å². The second kappa shape index (κ2) is 14.7. The van der Waals surface area contributed by atoms with Crippen LogP contribution in [0.25, 0.3) is 0 Å². The van der Waals surface area contributed by atoms with Gasteiger partial charge in [-0.2, -0.15) is 0 Å². The van der Waals surface area contributed by atoms with Crippen LogP contribution in [0.15, 0.2) is 35.7 Å². The van der Waals surface area contributed by atoms with Crippen molar-refractivity contribution in [1.29, 1.82) is 0 Å². The van der Waals surface area contributed by atoms with Gasteiger partial charge in [0.25, 0.3) is 5.91 Å². The maximum absolute atomic E-state index is 13.1. The number of thiazole rings is 1. The van der Waals surface area contributed by atoms with Crippen LogP contribution in [0.4, 0.5) is 0 Å². The lowest BCUT2D eigenvalue weighted by Crippen LogP contribution is -2.38. The van der Waals surface area contributed by atoms with Crippen molar-refractivity contribution in [3.63, 3.8) is 0 Å². The molecule has 0 radical (unpaired) electrons. The highest BCUT2D eigenvalue weighted by molar-refractivity contribution is 7.09. The maximum atomic E-state index is 13.1. The van der Waals surface area contributed by atoms with Gasteiger partial charge in [0.1, 0.15) is 10.7 Å². The van der Waals surface area contributed by atoms with Gasteiger partial charge in [0.2, 0.25) is 0 Å². The van der Waals surface area contributed by atoms with Crippen molar-refractivity contribution >= 4 is 29.2 Å². The molecule has 0 aliphatic heterocycles. The molecule has 0 spiro atoms. The fourth-order valence-electron chi connectivity index (χ4n) is 3.99. The number of carboxylic acid groups (broad SMARTS) is 1. The van der Waals surface area contributed by atoms with Gasteiger partial charge in [0, 0.05) is 30.3 Å². The lowest BCUT2D eigenvalue weighted by molar-refractivity contribution is -0.150. The smallest absolute Gasteiger partial charge is 0.306 e. The van der Waals surface area contributed by atoms with Crippen LogP contribution >= 0.6 is 11.3 Å². The average molecular weight is 518 g/mol. The van der Waals surface area contributed by atoms with Gasteiger partial charge in [-0.3, -0.25) is 14.4 Å². The van der Waals surface area contributed by atoms with E-state index in [2.05, 4.69) is 29.5 Å². The Morgan fingerprint density at radius 3 is 2.39 bits per heavy atom. The van der Waals surface area contributed by atoms with E-state index in [1.807, 2.05) is 44.3 Å². The van der Waals surface area contributed by atoms with E-state index < -0.39 is 18.0 Å². The Morgan fingerprint density at radius 2 is 1.81 bits per heavy atom.